The first-order chi connectivity index (χ1) is 12.0. The van der Waals surface area contributed by atoms with E-state index in [9.17, 15) is 26.4 Å². The number of benzene rings is 2. The van der Waals surface area contributed by atoms with Crippen LogP contribution >= 0.6 is 0 Å². The van der Waals surface area contributed by atoms with Crippen molar-refractivity contribution in [2.24, 2.45) is 0 Å². The van der Waals surface area contributed by atoms with E-state index in [1.807, 2.05) is 0 Å². The molecule has 0 unspecified atom stereocenters. The fraction of sp³-hybridized carbons (Fsp3) is 0.278. The minimum Gasteiger partial charge on any atom is -0.326 e. The van der Waals surface area contributed by atoms with E-state index in [4.69, 9.17) is 0 Å². The predicted octanol–water partition coefficient (Wildman–Crippen LogP) is 3.99. The summed E-state index contributed by atoms with van der Waals surface area (Å²) in [6, 6.07) is 9.44. The van der Waals surface area contributed by atoms with Crippen LogP contribution in [0.1, 0.15) is 23.6 Å². The van der Waals surface area contributed by atoms with Gasteiger partial charge in [-0.05, 0) is 42.3 Å². The van der Waals surface area contributed by atoms with E-state index in [0.717, 1.165) is 6.07 Å². The maximum absolute atomic E-state index is 12.9. The molecule has 0 atom stereocenters. The second-order valence-electron chi connectivity index (χ2n) is 5.80. The minimum absolute atomic E-state index is 0.0260. The molecule has 2 rings (SSSR count). The molecule has 0 aromatic heterocycles. The maximum atomic E-state index is 12.9. The number of nitrogens with one attached hydrogen (secondary N) is 1. The highest BCUT2D eigenvalue weighted by atomic mass is 32.2. The Balaban J connectivity index is 2.10. The van der Waals surface area contributed by atoms with Gasteiger partial charge in [-0.15, -0.1) is 0 Å². The maximum Gasteiger partial charge on any atom is 0.416 e. The van der Waals surface area contributed by atoms with Crippen LogP contribution in [0.5, 0.6) is 0 Å². The molecule has 1 N–H and O–H groups in total. The van der Waals surface area contributed by atoms with E-state index in [1.165, 1.54) is 50.2 Å². The molecule has 4 nitrogen and oxygen atoms in total. The lowest BCUT2D eigenvalue weighted by Gasteiger charge is -2.13. The van der Waals surface area contributed by atoms with Crippen LogP contribution in [-0.4, -0.2) is 20.1 Å². The van der Waals surface area contributed by atoms with Gasteiger partial charge in [-0.3, -0.25) is 4.79 Å². The number of carbonyl (C=O) groups excluding carboxylic acids is 1. The van der Waals surface area contributed by atoms with Gasteiger partial charge >= 0.3 is 6.18 Å². The number of anilines is 1. The van der Waals surface area contributed by atoms with Crippen molar-refractivity contribution in [2.45, 2.75) is 31.3 Å². The Kier molecular flexibility index (Phi) is 5.75. The highest BCUT2D eigenvalue weighted by Gasteiger charge is 2.32. The molecular weight excluding hydrogens is 367 g/mol. The van der Waals surface area contributed by atoms with Crippen LogP contribution in [0, 0.1) is 6.92 Å². The molecule has 0 heterocycles. The molecule has 0 aliphatic carbocycles. The lowest BCUT2D eigenvalue weighted by molar-refractivity contribution is -0.138. The molecule has 0 bridgehead atoms. The summed E-state index contributed by atoms with van der Waals surface area (Å²) in [6.07, 6.45) is -4.58. The summed E-state index contributed by atoms with van der Waals surface area (Å²) in [6.45, 7) is 2.88. The Morgan fingerprint density at radius 2 is 1.69 bits per heavy atom. The molecule has 0 saturated heterocycles. The summed E-state index contributed by atoms with van der Waals surface area (Å²) in [5.74, 6) is -0.519. The number of aryl methyl sites for hydroxylation is 1. The first-order valence-electron chi connectivity index (χ1n) is 7.82. The highest BCUT2D eigenvalue weighted by molar-refractivity contribution is 7.91. The molecule has 0 fully saturated rings. The molecule has 26 heavy (non-hydrogen) atoms. The first-order valence-corrected chi connectivity index (χ1v) is 9.47. The Labute approximate surface area is 150 Å². The summed E-state index contributed by atoms with van der Waals surface area (Å²) in [7, 11) is -3.32. The van der Waals surface area contributed by atoms with Crippen molar-refractivity contribution in [1.29, 1.82) is 0 Å². The van der Waals surface area contributed by atoms with Gasteiger partial charge in [0, 0.05) is 5.69 Å². The monoisotopic (exact) mass is 385 g/mol. The van der Waals surface area contributed by atoms with E-state index in [2.05, 4.69) is 5.32 Å². The largest absolute Gasteiger partial charge is 0.416 e. The van der Waals surface area contributed by atoms with Crippen LogP contribution < -0.4 is 5.32 Å². The van der Waals surface area contributed by atoms with Gasteiger partial charge < -0.3 is 5.32 Å². The highest BCUT2D eigenvalue weighted by Crippen LogP contribution is 2.33. The van der Waals surface area contributed by atoms with E-state index >= 15 is 0 Å². The molecule has 140 valence electrons. The van der Waals surface area contributed by atoms with Gasteiger partial charge in [0.25, 0.3) is 0 Å². The van der Waals surface area contributed by atoms with Gasteiger partial charge in [0.2, 0.25) is 5.91 Å². The molecule has 0 aliphatic rings. The van der Waals surface area contributed by atoms with E-state index in [0.29, 0.717) is 5.56 Å². The van der Waals surface area contributed by atoms with E-state index in [1.54, 1.807) is 0 Å². The molecule has 2 aromatic carbocycles. The van der Waals surface area contributed by atoms with Crippen LogP contribution in [0.4, 0.5) is 18.9 Å². The van der Waals surface area contributed by atoms with Crippen molar-refractivity contribution in [3.05, 3.63) is 59.2 Å². The average molecular weight is 385 g/mol. The topological polar surface area (TPSA) is 63.2 Å². The van der Waals surface area contributed by atoms with Crippen molar-refractivity contribution in [1.82, 2.24) is 0 Å². The zero-order chi connectivity index (χ0) is 19.5. The molecule has 1 amide bonds. The number of hydrogen-bond acceptors (Lipinski definition) is 3. The van der Waals surface area contributed by atoms with Crippen molar-refractivity contribution in [3.8, 4) is 0 Å². The predicted molar refractivity (Wildman–Crippen MR) is 92.7 cm³/mol. The molecular formula is C18H18F3NO3S. The van der Waals surface area contributed by atoms with Crippen LogP contribution in [0.2, 0.25) is 0 Å². The summed E-state index contributed by atoms with van der Waals surface area (Å²) >= 11 is 0. The summed E-state index contributed by atoms with van der Waals surface area (Å²) in [5.41, 5.74) is -0.119. The second-order valence-corrected chi connectivity index (χ2v) is 8.08. The number of amides is 1. The molecule has 0 aliphatic heterocycles. The van der Waals surface area contributed by atoms with Gasteiger partial charge in [0.05, 0.1) is 22.6 Å². The second kappa shape index (κ2) is 7.49. The standard InChI is InChI=1S/C18H18F3NO3S/c1-3-26(24,25)15-8-5-13(6-9-15)10-17(23)22-14-7-4-12(2)16(11-14)18(19,20)21/h4-9,11H,3,10H2,1-2H3,(H,22,23). The molecule has 0 saturated carbocycles. The van der Waals surface area contributed by atoms with Crippen molar-refractivity contribution in [2.75, 3.05) is 11.1 Å². The number of carbonyl (C=O) groups is 1. The molecule has 0 spiro atoms. The quantitative estimate of drug-likeness (QED) is 0.847. The fourth-order valence-corrected chi connectivity index (χ4v) is 3.26. The number of halogens is 3. The van der Waals surface area contributed by atoms with Crippen LogP contribution in [-0.2, 0) is 27.2 Å². The van der Waals surface area contributed by atoms with Crippen molar-refractivity contribution >= 4 is 21.4 Å². The third-order valence-electron chi connectivity index (χ3n) is 3.85. The fourth-order valence-electron chi connectivity index (χ4n) is 2.38. The Morgan fingerprint density at radius 1 is 1.08 bits per heavy atom. The smallest absolute Gasteiger partial charge is 0.326 e. The van der Waals surface area contributed by atoms with E-state index < -0.39 is 27.5 Å². The van der Waals surface area contributed by atoms with Crippen LogP contribution in [0.25, 0.3) is 0 Å². The molecule has 0 radical (unpaired) electrons. The number of sulfone groups is 1. The molecule has 8 heteroatoms. The summed E-state index contributed by atoms with van der Waals surface area (Å²) in [4.78, 5) is 12.2. The van der Waals surface area contributed by atoms with Crippen molar-refractivity contribution in [3.63, 3.8) is 0 Å². The average Bonchev–Trinajstić information content (AvgIpc) is 2.56. The van der Waals surface area contributed by atoms with Crippen molar-refractivity contribution < 1.29 is 26.4 Å². The normalized spacial score (nSPS) is 12.0. The van der Waals surface area contributed by atoms with Gasteiger partial charge in [0.1, 0.15) is 0 Å². The Bertz CT molecular complexity index is 904. The van der Waals surface area contributed by atoms with Gasteiger partial charge in [-0.2, -0.15) is 13.2 Å². The molecule has 2 aromatic rings. The summed E-state index contributed by atoms with van der Waals surface area (Å²) < 4.78 is 62.2. The zero-order valence-electron chi connectivity index (χ0n) is 14.2. The van der Waals surface area contributed by atoms with Gasteiger partial charge in [0.15, 0.2) is 9.84 Å². The number of hydrogen-bond donors (Lipinski definition) is 1. The third-order valence-corrected chi connectivity index (χ3v) is 5.60. The summed E-state index contributed by atoms with van der Waals surface area (Å²) in [5, 5.41) is 2.43. The Hall–Kier alpha value is -2.35. The van der Waals surface area contributed by atoms with Gasteiger partial charge in [-0.1, -0.05) is 25.1 Å². The lowest BCUT2D eigenvalue weighted by Crippen LogP contribution is -2.16. The lowest BCUT2D eigenvalue weighted by atomic mass is 10.1. The number of rotatable bonds is 5. The number of alkyl halides is 3. The first kappa shape index (κ1) is 20.0. The Morgan fingerprint density at radius 3 is 2.23 bits per heavy atom. The van der Waals surface area contributed by atoms with E-state index in [-0.39, 0.29) is 28.3 Å². The zero-order valence-corrected chi connectivity index (χ0v) is 15.0. The van der Waals surface area contributed by atoms with Gasteiger partial charge in [-0.25, -0.2) is 8.42 Å². The SMILES string of the molecule is CCS(=O)(=O)c1ccc(CC(=O)Nc2ccc(C)c(C(F)(F)F)c2)cc1. The van der Waals surface area contributed by atoms with Crippen LogP contribution in [0.3, 0.4) is 0 Å². The minimum atomic E-state index is -4.49. The third kappa shape index (κ3) is 4.85. The van der Waals surface area contributed by atoms with Crippen LogP contribution in [0.15, 0.2) is 47.4 Å².